The highest BCUT2D eigenvalue weighted by atomic mass is 16.5. The minimum absolute atomic E-state index is 0.205. The number of likely N-dealkylation sites (N-methyl/N-ethyl adjacent to an activating group) is 1. The van der Waals surface area contributed by atoms with Gasteiger partial charge in [0.05, 0.1) is 19.3 Å². The summed E-state index contributed by atoms with van der Waals surface area (Å²) < 4.78 is 11.0. The van der Waals surface area contributed by atoms with E-state index in [0.717, 1.165) is 26.1 Å². The molecule has 0 aliphatic carbocycles. The van der Waals surface area contributed by atoms with E-state index in [1.165, 1.54) is 0 Å². The van der Waals surface area contributed by atoms with Gasteiger partial charge in [0.25, 0.3) is 0 Å². The Hall–Kier alpha value is -1.59. The highest BCUT2D eigenvalue weighted by Crippen LogP contribution is 2.17. The fourth-order valence-electron chi connectivity index (χ4n) is 1.84. The third kappa shape index (κ3) is 7.11. The lowest BCUT2D eigenvalue weighted by molar-refractivity contribution is 0.0628. The predicted octanol–water partition coefficient (Wildman–Crippen LogP) is 2.51. The van der Waals surface area contributed by atoms with Crippen LogP contribution in [0, 0.1) is 0 Å². The minimum Gasteiger partial charge on any atom is -0.493 e. The van der Waals surface area contributed by atoms with Crippen LogP contribution in [-0.4, -0.2) is 55.4 Å². The number of carboxylic acids is 1. The average molecular weight is 295 g/mol. The number of hydrogen-bond donors (Lipinski definition) is 1. The zero-order valence-corrected chi connectivity index (χ0v) is 13.0. The van der Waals surface area contributed by atoms with Crippen LogP contribution in [-0.2, 0) is 4.74 Å². The van der Waals surface area contributed by atoms with Gasteiger partial charge in [-0.2, -0.15) is 0 Å². The Balaban J connectivity index is 2.24. The normalized spacial score (nSPS) is 11.1. The summed E-state index contributed by atoms with van der Waals surface area (Å²) in [6.45, 7) is 7.03. The average Bonchev–Trinajstić information content (AvgIpc) is 2.43. The highest BCUT2D eigenvalue weighted by Gasteiger charge is 2.09. The molecule has 0 saturated heterocycles. The van der Waals surface area contributed by atoms with Crippen molar-refractivity contribution in [1.82, 2.24) is 4.90 Å². The van der Waals surface area contributed by atoms with Crippen LogP contribution in [0.25, 0.3) is 0 Å². The molecule has 0 unspecified atom stereocenters. The van der Waals surface area contributed by atoms with Crippen LogP contribution < -0.4 is 4.74 Å². The van der Waals surface area contributed by atoms with E-state index in [0.29, 0.717) is 12.4 Å². The van der Waals surface area contributed by atoms with Crippen molar-refractivity contribution >= 4 is 5.97 Å². The SMILES string of the molecule is CC(C)OCCN(C)CCCOc1ccccc1C(=O)O. The second kappa shape index (κ2) is 9.37. The van der Waals surface area contributed by atoms with E-state index in [9.17, 15) is 4.79 Å². The molecular formula is C16H25NO4. The van der Waals surface area contributed by atoms with E-state index in [-0.39, 0.29) is 11.7 Å². The van der Waals surface area contributed by atoms with Crippen molar-refractivity contribution < 1.29 is 19.4 Å². The molecule has 0 aliphatic rings. The first kappa shape index (κ1) is 17.5. The summed E-state index contributed by atoms with van der Waals surface area (Å²) in [4.78, 5) is 13.2. The monoisotopic (exact) mass is 295 g/mol. The third-order valence-electron chi connectivity index (χ3n) is 2.98. The number of hydrogen-bond acceptors (Lipinski definition) is 4. The Bertz CT molecular complexity index is 434. The summed E-state index contributed by atoms with van der Waals surface area (Å²) in [5.41, 5.74) is 0.205. The lowest BCUT2D eigenvalue weighted by Crippen LogP contribution is -2.26. The second-order valence-electron chi connectivity index (χ2n) is 5.23. The summed E-state index contributed by atoms with van der Waals surface area (Å²) in [6, 6.07) is 6.70. The summed E-state index contributed by atoms with van der Waals surface area (Å²) in [5, 5.41) is 9.05. The zero-order valence-electron chi connectivity index (χ0n) is 13.0. The molecule has 1 aromatic rings. The number of benzene rings is 1. The van der Waals surface area contributed by atoms with E-state index in [2.05, 4.69) is 4.90 Å². The van der Waals surface area contributed by atoms with Crippen LogP contribution in [0.2, 0.25) is 0 Å². The van der Waals surface area contributed by atoms with Crippen LogP contribution in [0.4, 0.5) is 0 Å². The highest BCUT2D eigenvalue weighted by molar-refractivity contribution is 5.90. The molecule has 118 valence electrons. The number of rotatable bonds is 10. The molecule has 0 aliphatic heterocycles. The largest absolute Gasteiger partial charge is 0.493 e. The summed E-state index contributed by atoms with van der Waals surface area (Å²) in [5.74, 6) is -0.538. The van der Waals surface area contributed by atoms with Crippen molar-refractivity contribution in [3.8, 4) is 5.75 Å². The fraction of sp³-hybridized carbons (Fsp3) is 0.562. The summed E-state index contributed by atoms with van der Waals surface area (Å²) in [7, 11) is 2.04. The molecule has 0 atom stereocenters. The summed E-state index contributed by atoms with van der Waals surface area (Å²) in [6.07, 6.45) is 1.10. The van der Waals surface area contributed by atoms with Crippen LogP contribution >= 0.6 is 0 Å². The van der Waals surface area contributed by atoms with E-state index in [1.54, 1.807) is 24.3 Å². The second-order valence-corrected chi connectivity index (χ2v) is 5.23. The Kier molecular flexibility index (Phi) is 7.79. The Labute approximate surface area is 126 Å². The van der Waals surface area contributed by atoms with Crippen molar-refractivity contribution in [2.24, 2.45) is 0 Å². The van der Waals surface area contributed by atoms with Gasteiger partial charge in [-0.05, 0) is 39.4 Å². The van der Waals surface area contributed by atoms with Gasteiger partial charge in [-0.15, -0.1) is 0 Å². The zero-order chi connectivity index (χ0) is 15.7. The first-order chi connectivity index (χ1) is 10.0. The van der Waals surface area contributed by atoms with Crippen molar-refractivity contribution in [2.45, 2.75) is 26.4 Å². The Morgan fingerprint density at radius 1 is 1.24 bits per heavy atom. The molecule has 0 radical (unpaired) electrons. The Morgan fingerprint density at radius 3 is 2.62 bits per heavy atom. The van der Waals surface area contributed by atoms with Gasteiger partial charge in [0.15, 0.2) is 0 Å². The van der Waals surface area contributed by atoms with Gasteiger partial charge >= 0.3 is 5.97 Å². The number of carbonyl (C=O) groups is 1. The minimum atomic E-state index is -0.964. The maximum Gasteiger partial charge on any atom is 0.339 e. The van der Waals surface area contributed by atoms with E-state index in [1.807, 2.05) is 20.9 Å². The maximum absolute atomic E-state index is 11.0. The summed E-state index contributed by atoms with van der Waals surface area (Å²) >= 11 is 0. The molecule has 1 rings (SSSR count). The lowest BCUT2D eigenvalue weighted by atomic mass is 10.2. The quantitative estimate of drug-likeness (QED) is 0.672. The number of ether oxygens (including phenoxy) is 2. The maximum atomic E-state index is 11.0. The van der Waals surface area contributed by atoms with Crippen LogP contribution in [0.5, 0.6) is 5.75 Å². The van der Waals surface area contributed by atoms with Crippen molar-refractivity contribution in [1.29, 1.82) is 0 Å². The molecule has 5 heteroatoms. The molecule has 0 saturated carbocycles. The fourth-order valence-corrected chi connectivity index (χ4v) is 1.84. The van der Waals surface area contributed by atoms with Crippen LogP contribution in [0.15, 0.2) is 24.3 Å². The van der Waals surface area contributed by atoms with Crippen molar-refractivity contribution in [3.63, 3.8) is 0 Å². The molecule has 0 heterocycles. The first-order valence-electron chi connectivity index (χ1n) is 7.26. The first-order valence-corrected chi connectivity index (χ1v) is 7.26. The molecule has 0 fully saturated rings. The van der Waals surface area contributed by atoms with Gasteiger partial charge in [-0.3, -0.25) is 0 Å². The van der Waals surface area contributed by atoms with Gasteiger partial charge in [0.2, 0.25) is 0 Å². The molecule has 0 bridgehead atoms. The molecule has 0 spiro atoms. The molecule has 0 aromatic heterocycles. The molecule has 21 heavy (non-hydrogen) atoms. The van der Waals surface area contributed by atoms with Gasteiger partial charge in [0, 0.05) is 13.1 Å². The van der Waals surface area contributed by atoms with Gasteiger partial charge in [-0.1, -0.05) is 12.1 Å². The predicted molar refractivity (Wildman–Crippen MR) is 82.1 cm³/mol. The van der Waals surface area contributed by atoms with Gasteiger partial charge < -0.3 is 19.5 Å². The third-order valence-corrected chi connectivity index (χ3v) is 2.98. The molecule has 1 aromatic carbocycles. The molecule has 1 N–H and O–H groups in total. The topological polar surface area (TPSA) is 59.0 Å². The van der Waals surface area contributed by atoms with Crippen LogP contribution in [0.3, 0.4) is 0 Å². The smallest absolute Gasteiger partial charge is 0.339 e. The van der Waals surface area contributed by atoms with Crippen molar-refractivity contribution in [2.75, 3.05) is 33.4 Å². The molecule has 0 amide bonds. The van der Waals surface area contributed by atoms with Gasteiger partial charge in [0.1, 0.15) is 11.3 Å². The van der Waals surface area contributed by atoms with Gasteiger partial charge in [-0.25, -0.2) is 4.79 Å². The van der Waals surface area contributed by atoms with E-state index in [4.69, 9.17) is 14.6 Å². The van der Waals surface area contributed by atoms with E-state index < -0.39 is 5.97 Å². The van der Waals surface area contributed by atoms with Crippen LogP contribution in [0.1, 0.15) is 30.6 Å². The number of para-hydroxylation sites is 1. The molecular weight excluding hydrogens is 270 g/mol. The Morgan fingerprint density at radius 2 is 1.95 bits per heavy atom. The van der Waals surface area contributed by atoms with Crippen molar-refractivity contribution in [3.05, 3.63) is 29.8 Å². The van der Waals surface area contributed by atoms with E-state index >= 15 is 0 Å². The number of nitrogens with zero attached hydrogens (tertiary/aromatic N) is 1. The number of carboxylic acid groups (broad SMARTS) is 1. The molecule has 5 nitrogen and oxygen atoms in total. The lowest BCUT2D eigenvalue weighted by Gasteiger charge is -2.17. The number of aromatic carboxylic acids is 1. The standard InChI is InChI=1S/C16H25NO4/c1-13(2)20-12-10-17(3)9-6-11-21-15-8-5-4-7-14(15)16(18)19/h4-5,7-8,13H,6,9-12H2,1-3H3,(H,18,19).